The molecule has 0 bridgehead atoms. The van der Waals surface area contributed by atoms with E-state index in [1.165, 1.54) is 24.3 Å². The molecule has 1 N–H and O–H groups in total. The van der Waals surface area contributed by atoms with Crippen LogP contribution in [0, 0.1) is 5.82 Å². The Bertz CT molecular complexity index is 1180. The molecule has 0 saturated heterocycles. The average molecular weight is 466 g/mol. The molecular weight excluding hydrogens is 441 g/mol. The molecule has 0 radical (unpaired) electrons. The highest BCUT2D eigenvalue weighted by molar-refractivity contribution is 6.34. The van der Waals surface area contributed by atoms with Crippen LogP contribution in [-0.2, 0) is 6.54 Å². The van der Waals surface area contributed by atoms with Gasteiger partial charge in [0, 0.05) is 43.6 Å². The van der Waals surface area contributed by atoms with Crippen molar-refractivity contribution < 1.29 is 14.0 Å². The Labute approximate surface area is 197 Å². The van der Waals surface area contributed by atoms with E-state index in [1.807, 2.05) is 42.1 Å². The van der Waals surface area contributed by atoms with Gasteiger partial charge in [0.2, 0.25) is 0 Å². The van der Waals surface area contributed by atoms with Gasteiger partial charge in [-0.3, -0.25) is 9.59 Å². The third-order valence-electron chi connectivity index (χ3n) is 5.62. The summed E-state index contributed by atoms with van der Waals surface area (Å²) in [6, 6.07) is 18.3. The molecule has 33 heavy (non-hydrogen) atoms. The van der Waals surface area contributed by atoms with E-state index in [2.05, 4.69) is 5.32 Å². The number of anilines is 2. The standard InChI is InChI=1S/C26H25ClFN3O2/c1-30(2)24-14-11-20(29-25(32)22-5-3-4-6-23(22)27)15-18(24)16-31(21-12-13-21)26(33)17-7-9-19(28)10-8-17/h3-11,14-15,21H,12-13,16H2,1-2H3,(H,29,32). The van der Waals surface area contributed by atoms with Crippen LogP contribution < -0.4 is 10.2 Å². The highest BCUT2D eigenvalue weighted by Crippen LogP contribution is 2.33. The smallest absolute Gasteiger partial charge is 0.257 e. The van der Waals surface area contributed by atoms with Crippen molar-refractivity contribution in [3.8, 4) is 0 Å². The first-order valence-corrected chi connectivity index (χ1v) is 11.1. The molecule has 0 unspecified atom stereocenters. The maximum absolute atomic E-state index is 13.3. The van der Waals surface area contributed by atoms with Crippen molar-refractivity contribution in [3.63, 3.8) is 0 Å². The van der Waals surface area contributed by atoms with E-state index < -0.39 is 0 Å². The normalized spacial score (nSPS) is 12.8. The second kappa shape index (κ2) is 9.63. The number of carbonyl (C=O) groups excluding carboxylic acids is 2. The zero-order valence-electron chi connectivity index (χ0n) is 18.5. The van der Waals surface area contributed by atoms with E-state index in [0.29, 0.717) is 28.4 Å². The molecule has 7 heteroatoms. The first kappa shape index (κ1) is 22.8. The molecule has 3 aromatic rings. The Morgan fingerprint density at radius 2 is 1.73 bits per heavy atom. The summed E-state index contributed by atoms with van der Waals surface area (Å²) < 4.78 is 13.3. The fourth-order valence-corrected chi connectivity index (χ4v) is 3.99. The minimum absolute atomic E-state index is 0.132. The van der Waals surface area contributed by atoms with Crippen LogP contribution in [0.3, 0.4) is 0 Å². The van der Waals surface area contributed by atoms with Crippen molar-refractivity contribution in [3.05, 3.63) is 94.3 Å². The molecule has 1 fully saturated rings. The van der Waals surface area contributed by atoms with Crippen LogP contribution in [0.25, 0.3) is 0 Å². The largest absolute Gasteiger partial charge is 0.377 e. The Kier molecular flexibility index (Phi) is 6.65. The Hall–Kier alpha value is -3.38. The van der Waals surface area contributed by atoms with Crippen LogP contribution in [0.4, 0.5) is 15.8 Å². The van der Waals surface area contributed by atoms with E-state index in [4.69, 9.17) is 11.6 Å². The van der Waals surface area contributed by atoms with Gasteiger partial charge in [0.15, 0.2) is 0 Å². The quantitative estimate of drug-likeness (QED) is 0.494. The van der Waals surface area contributed by atoms with Crippen molar-refractivity contribution in [2.75, 3.05) is 24.3 Å². The molecule has 4 rings (SSSR count). The summed E-state index contributed by atoms with van der Waals surface area (Å²) in [5, 5.41) is 3.28. The zero-order valence-corrected chi connectivity index (χ0v) is 19.3. The summed E-state index contributed by atoms with van der Waals surface area (Å²) in [4.78, 5) is 29.7. The maximum Gasteiger partial charge on any atom is 0.257 e. The van der Waals surface area contributed by atoms with Gasteiger partial charge >= 0.3 is 0 Å². The van der Waals surface area contributed by atoms with Crippen molar-refractivity contribution in [2.24, 2.45) is 0 Å². The lowest BCUT2D eigenvalue weighted by Crippen LogP contribution is -2.33. The predicted molar refractivity (Wildman–Crippen MR) is 129 cm³/mol. The van der Waals surface area contributed by atoms with E-state index in [9.17, 15) is 14.0 Å². The molecule has 170 valence electrons. The van der Waals surface area contributed by atoms with Gasteiger partial charge in [-0.1, -0.05) is 23.7 Å². The van der Waals surface area contributed by atoms with Crippen molar-refractivity contribution in [2.45, 2.75) is 25.4 Å². The molecule has 5 nitrogen and oxygen atoms in total. The van der Waals surface area contributed by atoms with Gasteiger partial charge < -0.3 is 15.1 Å². The van der Waals surface area contributed by atoms with Crippen LogP contribution >= 0.6 is 11.6 Å². The molecule has 1 aliphatic rings. The van der Waals surface area contributed by atoms with Crippen LogP contribution in [-0.4, -0.2) is 36.9 Å². The lowest BCUT2D eigenvalue weighted by molar-refractivity contribution is 0.0730. The summed E-state index contributed by atoms with van der Waals surface area (Å²) in [5.41, 5.74) is 3.31. The predicted octanol–water partition coefficient (Wildman–Crippen LogP) is 5.60. The van der Waals surface area contributed by atoms with Crippen LogP contribution in [0.1, 0.15) is 39.1 Å². The first-order valence-electron chi connectivity index (χ1n) is 10.8. The van der Waals surface area contributed by atoms with E-state index >= 15 is 0 Å². The highest BCUT2D eigenvalue weighted by Gasteiger charge is 2.33. The molecule has 1 saturated carbocycles. The van der Waals surface area contributed by atoms with Crippen LogP contribution in [0.5, 0.6) is 0 Å². The van der Waals surface area contributed by atoms with Gasteiger partial charge in [-0.2, -0.15) is 0 Å². The van der Waals surface area contributed by atoms with Gasteiger partial charge in [-0.05, 0) is 73.0 Å². The summed E-state index contributed by atoms with van der Waals surface area (Å²) in [5.74, 6) is -0.806. The number of hydrogen-bond donors (Lipinski definition) is 1. The highest BCUT2D eigenvalue weighted by atomic mass is 35.5. The zero-order chi connectivity index (χ0) is 23.5. The Morgan fingerprint density at radius 1 is 1.03 bits per heavy atom. The van der Waals surface area contributed by atoms with Gasteiger partial charge in [0.1, 0.15) is 5.82 Å². The summed E-state index contributed by atoms with van der Waals surface area (Å²) >= 11 is 6.16. The topological polar surface area (TPSA) is 52.7 Å². The number of carbonyl (C=O) groups is 2. The average Bonchev–Trinajstić information content (AvgIpc) is 3.63. The third kappa shape index (κ3) is 5.34. The number of halogens is 2. The molecule has 0 heterocycles. The molecule has 0 aliphatic heterocycles. The van der Waals surface area contributed by atoms with E-state index in [1.54, 1.807) is 24.3 Å². The van der Waals surface area contributed by atoms with E-state index in [0.717, 1.165) is 24.1 Å². The molecule has 0 spiro atoms. The van der Waals surface area contributed by atoms with Gasteiger partial charge in [-0.25, -0.2) is 4.39 Å². The Balaban J connectivity index is 1.61. The fraction of sp³-hybridized carbons (Fsp3) is 0.231. The number of benzene rings is 3. The van der Waals surface area contributed by atoms with Gasteiger partial charge in [0.05, 0.1) is 10.6 Å². The minimum atomic E-state index is -0.374. The monoisotopic (exact) mass is 465 g/mol. The van der Waals surface area contributed by atoms with Gasteiger partial charge in [-0.15, -0.1) is 0 Å². The van der Waals surface area contributed by atoms with Crippen molar-refractivity contribution in [1.29, 1.82) is 0 Å². The number of rotatable bonds is 7. The lowest BCUT2D eigenvalue weighted by Gasteiger charge is -2.26. The van der Waals surface area contributed by atoms with Crippen LogP contribution in [0.15, 0.2) is 66.7 Å². The van der Waals surface area contributed by atoms with Crippen LogP contribution in [0.2, 0.25) is 5.02 Å². The van der Waals surface area contributed by atoms with Gasteiger partial charge in [0.25, 0.3) is 11.8 Å². The molecular formula is C26H25ClFN3O2. The first-order chi connectivity index (χ1) is 15.8. The molecule has 1 aliphatic carbocycles. The summed E-state index contributed by atoms with van der Waals surface area (Å²) in [6.07, 6.45) is 1.88. The molecule has 0 atom stereocenters. The molecule has 3 aromatic carbocycles. The number of nitrogens with one attached hydrogen (secondary N) is 1. The van der Waals surface area contributed by atoms with Crippen molar-refractivity contribution >= 4 is 34.8 Å². The van der Waals surface area contributed by atoms with Crippen molar-refractivity contribution in [1.82, 2.24) is 4.90 Å². The maximum atomic E-state index is 13.3. The lowest BCUT2D eigenvalue weighted by atomic mass is 10.1. The second-order valence-electron chi connectivity index (χ2n) is 8.34. The number of nitrogens with zero attached hydrogens (tertiary/aromatic N) is 2. The Morgan fingerprint density at radius 3 is 2.36 bits per heavy atom. The van der Waals surface area contributed by atoms with E-state index in [-0.39, 0.29) is 23.7 Å². The number of amides is 2. The summed E-state index contributed by atoms with van der Waals surface area (Å²) in [7, 11) is 3.87. The SMILES string of the molecule is CN(C)c1ccc(NC(=O)c2ccccc2Cl)cc1CN(C(=O)c1ccc(F)cc1)C1CC1. The minimum Gasteiger partial charge on any atom is -0.377 e. The third-order valence-corrected chi connectivity index (χ3v) is 5.95. The molecule has 2 amide bonds. The fourth-order valence-electron chi connectivity index (χ4n) is 3.76. The number of hydrogen-bond acceptors (Lipinski definition) is 3. The molecule has 0 aromatic heterocycles. The second-order valence-corrected chi connectivity index (χ2v) is 8.75. The summed E-state index contributed by atoms with van der Waals surface area (Å²) in [6.45, 7) is 0.379.